The van der Waals surface area contributed by atoms with E-state index in [1.165, 1.54) is 12.0 Å². The van der Waals surface area contributed by atoms with Crippen molar-refractivity contribution in [3.63, 3.8) is 0 Å². The van der Waals surface area contributed by atoms with Crippen molar-refractivity contribution in [2.45, 2.75) is 46.5 Å². The second-order valence-corrected chi connectivity index (χ2v) is 5.54. The quantitative estimate of drug-likeness (QED) is 0.663. The maximum atomic E-state index is 5.93. The van der Waals surface area contributed by atoms with Crippen LogP contribution in [0.1, 0.15) is 45.6 Å². The van der Waals surface area contributed by atoms with E-state index in [0.29, 0.717) is 6.54 Å². The van der Waals surface area contributed by atoms with Gasteiger partial charge in [0.1, 0.15) is 11.5 Å². The fourth-order valence-corrected chi connectivity index (χ4v) is 2.01. The zero-order valence-electron chi connectivity index (χ0n) is 13.2. The molecule has 1 aromatic carbocycles. The maximum absolute atomic E-state index is 5.93. The average Bonchev–Trinajstić information content (AvgIpc) is 2.43. The van der Waals surface area contributed by atoms with Gasteiger partial charge >= 0.3 is 0 Å². The molecule has 0 saturated carbocycles. The van der Waals surface area contributed by atoms with Crippen LogP contribution in [0, 0.1) is 5.92 Å². The zero-order valence-corrected chi connectivity index (χ0v) is 13.2. The van der Waals surface area contributed by atoms with Crippen LogP contribution in [0.5, 0.6) is 11.5 Å². The highest BCUT2D eigenvalue weighted by molar-refractivity contribution is 5.41. The molecule has 0 aliphatic rings. The van der Waals surface area contributed by atoms with Crippen molar-refractivity contribution in [2.75, 3.05) is 19.8 Å². The van der Waals surface area contributed by atoms with E-state index in [0.717, 1.165) is 49.9 Å². The van der Waals surface area contributed by atoms with Crippen molar-refractivity contribution in [3.8, 4) is 11.5 Å². The first-order valence-electron chi connectivity index (χ1n) is 7.76. The fourth-order valence-electron chi connectivity index (χ4n) is 2.01. The molecule has 0 aromatic heterocycles. The average molecular weight is 279 g/mol. The molecule has 3 heteroatoms. The van der Waals surface area contributed by atoms with Crippen molar-refractivity contribution in [1.29, 1.82) is 0 Å². The molecule has 3 nitrogen and oxygen atoms in total. The predicted molar refractivity (Wildman–Crippen MR) is 84.6 cm³/mol. The topological polar surface area (TPSA) is 44.5 Å². The van der Waals surface area contributed by atoms with Crippen LogP contribution in [0.2, 0.25) is 0 Å². The molecule has 0 heterocycles. The lowest BCUT2D eigenvalue weighted by Crippen LogP contribution is -2.07. The Hall–Kier alpha value is -1.22. The van der Waals surface area contributed by atoms with E-state index in [-0.39, 0.29) is 0 Å². The summed E-state index contributed by atoms with van der Waals surface area (Å²) in [6.07, 6.45) is 4.13. The fraction of sp³-hybridized carbons (Fsp3) is 0.647. The molecule has 20 heavy (non-hydrogen) atoms. The van der Waals surface area contributed by atoms with E-state index in [1.54, 1.807) is 0 Å². The van der Waals surface area contributed by atoms with Gasteiger partial charge in [0, 0.05) is 6.07 Å². The van der Waals surface area contributed by atoms with Crippen molar-refractivity contribution < 1.29 is 9.47 Å². The summed E-state index contributed by atoms with van der Waals surface area (Å²) in [5.74, 6) is 2.53. The van der Waals surface area contributed by atoms with Crippen LogP contribution in [-0.4, -0.2) is 19.8 Å². The summed E-state index contributed by atoms with van der Waals surface area (Å²) >= 11 is 0. The van der Waals surface area contributed by atoms with E-state index >= 15 is 0 Å². The molecule has 1 aromatic rings. The third kappa shape index (κ3) is 6.29. The minimum atomic E-state index is 0.636. The summed E-state index contributed by atoms with van der Waals surface area (Å²) in [7, 11) is 0. The van der Waals surface area contributed by atoms with E-state index < -0.39 is 0 Å². The number of ether oxygens (including phenoxy) is 2. The molecule has 0 aliphatic carbocycles. The Kier molecular flexibility index (Phi) is 8.12. The van der Waals surface area contributed by atoms with Crippen LogP contribution >= 0.6 is 0 Å². The number of hydrogen-bond acceptors (Lipinski definition) is 3. The summed E-state index contributed by atoms with van der Waals surface area (Å²) < 4.78 is 11.6. The highest BCUT2D eigenvalue weighted by atomic mass is 16.5. The maximum Gasteiger partial charge on any atom is 0.126 e. The minimum Gasteiger partial charge on any atom is -0.493 e. The van der Waals surface area contributed by atoms with Gasteiger partial charge in [-0.25, -0.2) is 0 Å². The van der Waals surface area contributed by atoms with Gasteiger partial charge in [0.2, 0.25) is 0 Å². The van der Waals surface area contributed by atoms with Crippen LogP contribution in [0.15, 0.2) is 18.2 Å². The lowest BCUT2D eigenvalue weighted by atomic mass is 10.1. The molecule has 0 saturated heterocycles. The Morgan fingerprint density at radius 3 is 2.60 bits per heavy atom. The first-order valence-corrected chi connectivity index (χ1v) is 7.76. The molecule has 0 bridgehead atoms. The van der Waals surface area contributed by atoms with Gasteiger partial charge in [-0.05, 0) is 49.8 Å². The normalized spacial score (nSPS) is 10.8. The Labute approximate surface area is 123 Å². The Morgan fingerprint density at radius 1 is 1.15 bits per heavy atom. The molecule has 0 unspecified atom stereocenters. The second kappa shape index (κ2) is 9.65. The third-order valence-electron chi connectivity index (χ3n) is 3.11. The molecular formula is C17H29NO2. The third-order valence-corrected chi connectivity index (χ3v) is 3.11. The summed E-state index contributed by atoms with van der Waals surface area (Å²) in [4.78, 5) is 0. The Morgan fingerprint density at radius 2 is 1.95 bits per heavy atom. The first kappa shape index (κ1) is 16.8. The summed E-state index contributed by atoms with van der Waals surface area (Å²) in [6, 6.07) is 6.06. The number of benzene rings is 1. The second-order valence-electron chi connectivity index (χ2n) is 5.54. The van der Waals surface area contributed by atoms with Crippen molar-refractivity contribution in [3.05, 3.63) is 23.8 Å². The lowest BCUT2D eigenvalue weighted by Gasteiger charge is -2.14. The molecule has 0 aliphatic heterocycles. The molecule has 0 atom stereocenters. The first-order chi connectivity index (χ1) is 9.67. The van der Waals surface area contributed by atoms with Crippen molar-refractivity contribution >= 4 is 0 Å². The number of nitrogens with two attached hydrogens (primary N) is 1. The van der Waals surface area contributed by atoms with E-state index in [4.69, 9.17) is 15.2 Å². The predicted octanol–water partition coefficient (Wildman–Crippen LogP) is 3.79. The Balaban J connectivity index is 2.62. The van der Waals surface area contributed by atoms with Crippen LogP contribution in [0.25, 0.3) is 0 Å². The smallest absolute Gasteiger partial charge is 0.126 e. The summed E-state index contributed by atoms with van der Waals surface area (Å²) in [5, 5.41) is 0. The van der Waals surface area contributed by atoms with Crippen LogP contribution in [0.3, 0.4) is 0 Å². The van der Waals surface area contributed by atoms with Crippen LogP contribution in [-0.2, 0) is 6.42 Å². The van der Waals surface area contributed by atoms with Crippen LogP contribution < -0.4 is 15.2 Å². The van der Waals surface area contributed by atoms with E-state index in [9.17, 15) is 0 Å². The minimum absolute atomic E-state index is 0.636. The van der Waals surface area contributed by atoms with Gasteiger partial charge < -0.3 is 15.2 Å². The largest absolute Gasteiger partial charge is 0.493 e. The monoisotopic (exact) mass is 279 g/mol. The molecule has 0 radical (unpaired) electrons. The molecule has 2 N–H and O–H groups in total. The van der Waals surface area contributed by atoms with Gasteiger partial charge in [-0.1, -0.05) is 26.8 Å². The summed E-state index contributed by atoms with van der Waals surface area (Å²) in [5.41, 5.74) is 6.82. The molecule has 0 spiro atoms. The van der Waals surface area contributed by atoms with E-state index in [2.05, 4.69) is 26.8 Å². The van der Waals surface area contributed by atoms with E-state index in [1.807, 2.05) is 12.1 Å². The molecule has 1 rings (SSSR count). The molecule has 114 valence electrons. The lowest BCUT2D eigenvalue weighted by molar-refractivity contribution is 0.287. The zero-order chi connectivity index (χ0) is 14.8. The van der Waals surface area contributed by atoms with Crippen molar-refractivity contribution in [1.82, 2.24) is 0 Å². The highest BCUT2D eigenvalue weighted by Gasteiger charge is 2.06. The number of rotatable bonds is 10. The molecule has 0 amide bonds. The SMILES string of the molecule is CCCOc1ccc(CCN)c(OCCCC(C)C)c1. The Bertz CT molecular complexity index is 377. The standard InChI is InChI=1S/C17H29NO2/c1-4-11-19-16-8-7-15(9-10-18)17(13-16)20-12-5-6-14(2)3/h7-8,13-14H,4-6,9-12,18H2,1-3H3. The van der Waals surface area contributed by atoms with Gasteiger partial charge in [0.25, 0.3) is 0 Å². The van der Waals surface area contributed by atoms with Gasteiger partial charge in [0.05, 0.1) is 13.2 Å². The molecule has 0 fully saturated rings. The molecular weight excluding hydrogens is 250 g/mol. The van der Waals surface area contributed by atoms with Gasteiger partial charge in [-0.15, -0.1) is 0 Å². The van der Waals surface area contributed by atoms with Gasteiger partial charge in [-0.3, -0.25) is 0 Å². The highest BCUT2D eigenvalue weighted by Crippen LogP contribution is 2.26. The van der Waals surface area contributed by atoms with Gasteiger partial charge in [-0.2, -0.15) is 0 Å². The van der Waals surface area contributed by atoms with Crippen molar-refractivity contribution in [2.24, 2.45) is 11.7 Å². The van der Waals surface area contributed by atoms with Gasteiger partial charge in [0.15, 0.2) is 0 Å². The number of hydrogen-bond donors (Lipinski definition) is 1. The summed E-state index contributed by atoms with van der Waals surface area (Å²) in [6.45, 7) is 8.71. The van der Waals surface area contributed by atoms with Crippen LogP contribution in [0.4, 0.5) is 0 Å².